The number of hydrogen-bond donors (Lipinski definition) is 2. The van der Waals surface area contributed by atoms with Crippen LogP contribution in [0.5, 0.6) is 0 Å². The van der Waals surface area contributed by atoms with Crippen LogP contribution in [0.3, 0.4) is 0 Å². The zero-order chi connectivity index (χ0) is 14.6. The highest BCUT2D eigenvalue weighted by molar-refractivity contribution is 5.93. The van der Waals surface area contributed by atoms with Gasteiger partial charge in [-0.1, -0.05) is 0 Å². The van der Waals surface area contributed by atoms with Gasteiger partial charge in [0.2, 0.25) is 5.91 Å². The molecule has 2 N–H and O–H groups in total. The van der Waals surface area contributed by atoms with E-state index in [0.29, 0.717) is 31.9 Å². The lowest BCUT2D eigenvalue weighted by Crippen LogP contribution is -2.36. The standard InChI is InChI=1S/C13H19N3O4/c1-19-7-8-20-10-12(17)15-5-6-16-13(18)11-3-2-4-14-9-11/h2-4,9H,5-8,10H2,1H3,(H,15,17)(H,16,18). The van der Waals surface area contributed by atoms with Crippen LogP contribution in [0.25, 0.3) is 0 Å². The summed E-state index contributed by atoms with van der Waals surface area (Å²) in [5.74, 6) is -0.444. The predicted molar refractivity (Wildman–Crippen MR) is 72.3 cm³/mol. The first-order valence-corrected chi connectivity index (χ1v) is 6.25. The first-order valence-electron chi connectivity index (χ1n) is 6.25. The minimum Gasteiger partial charge on any atom is -0.382 e. The summed E-state index contributed by atoms with van der Waals surface area (Å²) in [6.07, 6.45) is 3.08. The molecule has 0 aliphatic rings. The Bertz CT molecular complexity index is 411. The average molecular weight is 281 g/mol. The molecule has 1 heterocycles. The minimum atomic E-state index is -0.225. The van der Waals surface area contributed by atoms with E-state index < -0.39 is 0 Å². The fourth-order valence-electron chi connectivity index (χ4n) is 1.34. The lowest BCUT2D eigenvalue weighted by Gasteiger charge is -2.07. The SMILES string of the molecule is COCCOCC(=O)NCCNC(=O)c1cccnc1. The summed E-state index contributed by atoms with van der Waals surface area (Å²) in [6, 6.07) is 3.36. The number of pyridine rings is 1. The van der Waals surface area contributed by atoms with Crippen molar-refractivity contribution in [2.24, 2.45) is 0 Å². The summed E-state index contributed by atoms with van der Waals surface area (Å²) in [5.41, 5.74) is 0.488. The highest BCUT2D eigenvalue weighted by Crippen LogP contribution is 1.93. The molecule has 2 amide bonds. The Balaban J connectivity index is 2.07. The fraction of sp³-hybridized carbons (Fsp3) is 0.462. The van der Waals surface area contributed by atoms with E-state index in [0.717, 1.165) is 0 Å². The van der Waals surface area contributed by atoms with Gasteiger partial charge in [-0.2, -0.15) is 0 Å². The third kappa shape index (κ3) is 6.81. The fourth-order valence-corrected chi connectivity index (χ4v) is 1.34. The number of carbonyl (C=O) groups is 2. The number of amides is 2. The summed E-state index contributed by atoms with van der Waals surface area (Å²) < 4.78 is 9.83. The zero-order valence-electron chi connectivity index (χ0n) is 11.4. The van der Waals surface area contributed by atoms with Crippen molar-refractivity contribution in [3.63, 3.8) is 0 Å². The van der Waals surface area contributed by atoms with Gasteiger partial charge in [0.1, 0.15) is 6.61 Å². The molecule has 110 valence electrons. The predicted octanol–water partition coefficient (Wildman–Crippen LogP) is -0.409. The van der Waals surface area contributed by atoms with Crippen LogP contribution in [0.1, 0.15) is 10.4 Å². The maximum atomic E-state index is 11.6. The summed E-state index contributed by atoms with van der Waals surface area (Å²) in [5, 5.41) is 5.31. The molecular weight excluding hydrogens is 262 g/mol. The molecule has 0 saturated carbocycles. The third-order valence-corrected chi connectivity index (χ3v) is 2.32. The number of hydrogen-bond acceptors (Lipinski definition) is 5. The molecule has 0 spiro atoms. The molecule has 20 heavy (non-hydrogen) atoms. The van der Waals surface area contributed by atoms with Crippen LogP contribution in [0, 0.1) is 0 Å². The van der Waals surface area contributed by atoms with Gasteiger partial charge in [0.25, 0.3) is 5.91 Å². The van der Waals surface area contributed by atoms with Crippen LogP contribution in [0.15, 0.2) is 24.5 Å². The van der Waals surface area contributed by atoms with Crippen molar-refractivity contribution in [1.82, 2.24) is 15.6 Å². The van der Waals surface area contributed by atoms with Crippen LogP contribution in [-0.2, 0) is 14.3 Å². The quantitative estimate of drug-likeness (QED) is 0.601. The van der Waals surface area contributed by atoms with E-state index in [9.17, 15) is 9.59 Å². The Morgan fingerprint density at radius 2 is 2.05 bits per heavy atom. The van der Waals surface area contributed by atoms with Gasteiger partial charge in [-0.3, -0.25) is 14.6 Å². The van der Waals surface area contributed by atoms with Crippen molar-refractivity contribution in [3.05, 3.63) is 30.1 Å². The monoisotopic (exact) mass is 281 g/mol. The summed E-state index contributed by atoms with van der Waals surface area (Å²) in [6.45, 7) is 1.51. The van der Waals surface area contributed by atoms with Crippen LogP contribution in [0.4, 0.5) is 0 Å². The minimum absolute atomic E-state index is 0.0140. The van der Waals surface area contributed by atoms with Gasteiger partial charge >= 0.3 is 0 Å². The summed E-state index contributed by atoms with van der Waals surface area (Å²) in [4.78, 5) is 26.8. The second-order valence-corrected chi connectivity index (χ2v) is 3.89. The number of carbonyl (C=O) groups excluding carboxylic acids is 2. The van der Waals surface area contributed by atoms with Gasteiger partial charge in [0, 0.05) is 32.6 Å². The molecular formula is C13H19N3O4. The molecule has 0 fully saturated rings. The largest absolute Gasteiger partial charge is 0.382 e. The van der Waals surface area contributed by atoms with Crippen molar-refractivity contribution in [1.29, 1.82) is 0 Å². The second kappa shape index (κ2) is 9.88. The average Bonchev–Trinajstić information content (AvgIpc) is 2.49. The van der Waals surface area contributed by atoms with Gasteiger partial charge in [-0.15, -0.1) is 0 Å². The Kier molecular flexibility index (Phi) is 7.93. The van der Waals surface area contributed by atoms with Crippen LogP contribution in [-0.4, -0.2) is 56.8 Å². The highest BCUT2D eigenvalue weighted by atomic mass is 16.5. The Hall–Kier alpha value is -1.99. The second-order valence-electron chi connectivity index (χ2n) is 3.89. The number of nitrogens with zero attached hydrogens (tertiary/aromatic N) is 1. The van der Waals surface area contributed by atoms with Crippen molar-refractivity contribution in [2.75, 3.05) is 40.0 Å². The Labute approximate surface area is 117 Å². The zero-order valence-corrected chi connectivity index (χ0v) is 11.4. The maximum Gasteiger partial charge on any atom is 0.252 e. The molecule has 0 aliphatic heterocycles. The highest BCUT2D eigenvalue weighted by Gasteiger charge is 2.04. The van der Waals surface area contributed by atoms with Gasteiger partial charge in [0.15, 0.2) is 0 Å². The van der Waals surface area contributed by atoms with Gasteiger partial charge in [-0.05, 0) is 12.1 Å². The van der Waals surface area contributed by atoms with Gasteiger partial charge in [-0.25, -0.2) is 0 Å². The van der Waals surface area contributed by atoms with Crippen LogP contribution < -0.4 is 10.6 Å². The number of nitrogens with one attached hydrogen (secondary N) is 2. The van der Waals surface area contributed by atoms with Gasteiger partial charge < -0.3 is 20.1 Å². The number of aromatic nitrogens is 1. The number of ether oxygens (including phenoxy) is 2. The number of rotatable bonds is 9. The molecule has 0 aliphatic carbocycles. The summed E-state index contributed by atoms with van der Waals surface area (Å²) in [7, 11) is 1.56. The molecule has 1 aromatic heterocycles. The molecule has 1 rings (SSSR count). The molecule has 0 bridgehead atoms. The molecule has 7 nitrogen and oxygen atoms in total. The maximum absolute atomic E-state index is 11.6. The van der Waals surface area contributed by atoms with E-state index in [-0.39, 0.29) is 18.4 Å². The molecule has 0 aromatic carbocycles. The lowest BCUT2D eigenvalue weighted by atomic mass is 10.3. The molecule has 0 saturated heterocycles. The topological polar surface area (TPSA) is 89.5 Å². The third-order valence-electron chi connectivity index (χ3n) is 2.32. The van der Waals surface area contributed by atoms with E-state index in [1.807, 2.05) is 0 Å². The van der Waals surface area contributed by atoms with Crippen molar-refractivity contribution in [2.45, 2.75) is 0 Å². The summed E-state index contributed by atoms with van der Waals surface area (Å²) >= 11 is 0. The van der Waals surface area contributed by atoms with E-state index >= 15 is 0 Å². The van der Waals surface area contributed by atoms with E-state index in [1.54, 1.807) is 25.4 Å². The van der Waals surface area contributed by atoms with Gasteiger partial charge in [0.05, 0.1) is 18.8 Å². The van der Waals surface area contributed by atoms with Crippen molar-refractivity contribution in [3.8, 4) is 0 Å². The van der Waals surface area contributed by atoms with E-state index in [4.69, 9.17) is 9.47 Å². The Morgan fingerprint density at radius 1 is 1.25 bits per heavy atom. The van der Waals surface area contributed by atoms with Crippen molar-refractivity contribution >= 4 is 11.8 Å². The Morgan fingerprint density at radius 3 is 2.75 bits per heavy atom. The number of methoxy groups -OCH3 is 1. The lowest BCUT2D eigenvalue weighted by molar-refractivity contribution is -0.126. The van der Waals surface area contributed by atoms with Crippen molar-refractivity contribution < 1.29 is 19.1 Å². The van der Waals surface area contributed by atoms with E-state index in [2.05, 4.69) is 15.6 Å². The molecule has 7 heteroatoms. The van der Waals surface area contributed by atoms with Crippen LogP contribution in [0.2, 0.25) is 0 Å². The smallest absolute Gasteiger partial charge is 0.252 e. The molecule has 0 radical (unpaired) electrons. The first-order chi connectivity index (χ1) is 9.74. The molecule has 0 atom stereocenters. The first kappa shape index (κ1) is 16.1. The van der Waals surface area contributed by atoms with Crippen LogP contribution >= 0.6 is 0 Å². The molecule has 0 unspecified atom stereocenters. The van der Waals surface area contributed by atoms with E-state index in [1.165, 1.54) is 6.20 Å². The normalized spacial score (nSPS) is 10.1. The molecule has 1 aromatic rings.